The van der Waals surface area contributed by atoms with Gasteiger partial charge in [-0.25, -0.2) is 8.42 Å². The van der Waals surface area contributed by atoms with E-state index in [1.807, 2.05) is 4.72 Å². The van der Waals surface area contributed by atoms with Gasteiger partial charge in [0.15, 0.2) is 0 Å². The molecule has 0 aliphatic heterocycles. The number of halogens is 6. The molecule has 2 aromatic rings. The Morgan fingerprint density at radius 2 is 1.38 bits per heavy atom. The van der Waals surface area contributed by atoms with Gasteiger partial charge in [0, 0.05) is 0 Å². The van der Waals surface area contributed by atoms with E-state index in [2.05, 4.69) is 0 Å². The van der Waals surface area contributed by atoms with Crippen molar-refractivity contribution in [2.75, 3.05) is 11.8 Å². The third-order valence-corrected chi connectivity index (χ3v) is 4.57. The summed E-state index contributed by atoms with van der Waals surface area (Å²) in [4.78, 5) is -1.18. The number of nitrogens with one attached hydrogen (secondary N) is 1. The maximum Gasteiger partial charge on any atom is 0.416 e. The van der Waals surface area contributed by atoms with Gasteiger partial charge in [0.1, 0.15) is 5.75 Å². The van der Waals surface area contributed by atoms with Crippen LogP contribution in [0, 0.1) is 0 Å². The molecule has 0 aliphatic carbocycles. The van der Waals surface area contributed by atoms with Gasteiger partial charge in [0.05, 0.1) is 28.8 Å². The molecule has 4 nitrogen and oxygen atoms in total. The second-order valence-electron chi connectivity index (χ2n) is 5.05. The number of anilines is 1. The van der Waals surface area contributed by atoms with Crippen LogP contribution in [0.4, 0.5) is 32.0 Å². The number of hydrogen-bond donors (Lipinski definition) is 1. The van der Waals surface area contributed by atoms with Crippen molar-refractivity contribution in [1.29, 1.82) is 0 Å². The van der Waals surface area contributed by atoms with Crippen molar-refractivity contribution in [3.63, 3.8) is 0 Å². The molecule has 0 unspecified atom stereocenters. The second-order valence-corrected chi connectivity index (χ2v) is 6.73. The fraction of sp³-hybridized carbons (Fsp3) is 0.200. The third kappa shape index (κ3) is 4.40. The summed E-state index contributed by atoms with van der Waals surface area (Å²) in [6.07, 6.45) is -10.3. The Balaban J connectivity index is 2.58. The van der Waals surface area contributed by atoms with Crippen LogP contribution in [0.25, 0.3) is 0 Å². The smallest absolute Gasteiger partial charge is 0.416 e. The molecule has 0 saturated carbocycles. The van der Waals surface area contributed by atoms with Crippen molar-refractivity contribution >= 4 is 15.7 Å². The third-order valence-electron chi connectivity index (χ3n) is 3.22. The van der Waals surface area contributed by atoms with Gasteiger partial charge in [0.25, 0.3) is 10.0 Å². The summed E-state index contributed by atoms with van der Waals surface area (Å²) in [5.41, 5.74) is -3.60. The summed E-state index contributed by atoms with van der Waals surface area (Å²) in [6, 6.07) is 5.64. The SMILES string of the molecule is COc1ccccc1NS(=O)(=O)c1cc(C(F)(F)F)cc(C(F)(F)F)c1. The Morgan fingerprint density at radius 3 is 1.85 bits per heavy atom. The first-order valence-corrected chi connectivity index (χ1v) is 8.28. The molecule has 0 aromatic heterocycles. The van der Waals surface area contributed by atoms with Crippen LogP contribution in [0.1, 0.15) is 11.1 Å². The number of hydrogen-bond acceptors (Lipinski definition) is 3. The van der Waals surface area contributed by atoms with Gasteiger partial charge >= 0.3 is 12.4 Å². The molecule has 0 spiro atoms. The summed E-state index contributed by atoms with van der Waals surface area (Å²) < 4.78 is 109. The summed E-state index contributed by atoms with van der Waals surface area (Å²) >= 11 is 0. The van der Waals surface area contributed by atoms with Crippen LogP contribution < -0.4 is 9.46 Å². The molecule has 0 atom stereocenters. The van der Waals surface area contributed by atoms with Gasteiger partial charge in [-0.3, -0.25) is 4.72 Å². The highest BCUT2D eigenvalue weighted by atomic mass is 32.2. The van der Waals surface area contributed by atoms with E-state index in [0.717, 1.165) is 0 Å². The van der Waals surface area contributed by atoms with E-state index in [1.54, 1.807) is 0 Å². The highest BCUT2D eigenvalue weighted by Crippen LogP contribution is 2.37. The minimum Gasteiger partial charge on any atom is -0.495 e. The van der Waals surface area contributed by atoms with Crippen LogP contribution in [-0.2, 0) is 22.4 Å². The number of methoxy groups -OCH3 is 1. The van der Waals surface area contributed by atoms with Crippen molar-refractivity contribution in [1.82, 2.24) is 0 Å². The molecule has 0 radical (unpaired) electrons. The molecule has 1 N–H and O–H groups in total. The van der Waals surface area contributed by atoms with Gasteiger partial charge in [-0.2, -0.15) is 26.3 Å². The standard InChI is InChI=1S/C15H11F6NO3S/c1-25-13-5-3-2-4-12(13)22-26(23,24)11-7-9(14(16,17)18)6-10(8-11)15(19,20)21/h2-8,22H,1H3. The van der Waals surface area contributed by atoms with Crippen LogP contribution in [0.2, 0.25) is 0 Å². The normalized spacial score (nSPS) is 12.7. The molecule has 0 fully saturated rings. The minimum absolute atomic E-state index is 0.0408. The lowest BCUT2D eigenvalue weighted by Gasteiger charge is -2.16. The number of sulfonamides is 1. The number of para-hydroxylation sites is 2. The molecular formula is C15H11F6NO3S. The van der Waals surface area contributed by atoms with Crippen molar-refractivity contribution in [2.45, 2.75) is 17.2 Å². The minimum atomic E-state index is -5.16. The maximum absolute atomic E-state index is 12.9. The lowest BCUT2D eigenvalue weighted by molar-refractivity contribution is -0.143. The molecule has 0 amide bonds. The first kappa shape index (κ1) is 19.9. The van der Waals surface area contributed by atoms with E-state index in [0.29, 0.717) is 0 Å². The van der Waals surface area contributed by atoms with E-state index >= 15 is 0 Å². The van der Waals surface area contributed by atoms with Crippen LogP contribution >= 0.6 is 0 Å². The topological polar surface area (TPSA) is 55.4 Å². The number of alkyl halides is 6. The fourth-order valence-corrected chi connectivity index (χ4v) is 3.15. The molecule has 0 aliphatic rings. The zero-order valence-electron chi connectivity index (χ0n) is 12.9. The average molecular weight is 399 g/mol. The second kappa shape index (κ2) is 6.71. The van der Waals surface area contributed by atoms with E-state index in [4.69, 9.17) is 4.74 Å². The average Bonchev–Trinajstić information content (AvgIpc) is 2.53. The Morgan fingerprint density at radius 1 is 0.885 bits per heavy atom. The van der Waals surface area contributed by atoms with Crippen molar-refractivity contribution in [3.8, 4) is 5.75 Å². The zero-order chi connectivity index (χ0) is 19.8. The molecule has 2 rings (SSSR count). The van der Waals surface area contributed by atoms with E-state index < -0.39 is 38.4 Å². The van der Waals surface area contributed by atoms with Gasteiger partial charge < -0.3 is 4.74 Å². The van der Waals surface area contributed by atoms with E-state index in [-0.39, 0.29) is 29.6 Å². The highest BCUT2D eigenvalue weighted by Gasteiger charge is 2.38. The molecule has 26 heavy (non-hydrogen) atoms. The van der Waals surface area contributed by atoms with Gasteiger partial charge in [-0.15, -0.1) is 0 Å². The van der Waals surface area contributed by atoms with Crippen LogP contribution in [0.15, 0.2) is 47.4 Å². The lowest BCUT2D eigenvalue weighted by Crippen LogP contribution is -2.17. The predicted octanol–water partition coefficient (Wildman–Crippen LogP) is 4.53. The van der Waals surface area contributed by atoms with Gasteiger partial charge in [-0.05, 0) is 30.3 Å². The van der Waals surface area contributed by atoms with Crippen molar-refractivity contribution in [2.24, 2.45) is 0 Å². The van der Waals surface area contributed by atoms with Gasteiger partial charge in [-0.1, -0.05) is 12.1 Å². The summed E-state index contributed by atoms with van der Waals surface area (Å²) in [5, 5.41) is 0. The molecule has 142 valence electrons. The van der Waals surface area contributed by atoms with Gasteiger partial charge in [0.2, 0.25) is 0 Å². The lowest BCUT2D eigenvalue weighted by atomic mass is 10.1. The van der Waals surface area contributed by atoms with E-state index in [9.17, 15) is 34.8 Å². The number of benzene rings is 2. The maximum atomic E-state index is 12.9. The Labute approximate surface area is 144 Å². The largest absolute Gasteiger partial charge is 0.495 e. The monoisotopic (exact) mass is 399 g/mol. The summed E-state index contributed by atoms with van der Waals surface area (Å²) in [7, 11) is -3.52. The van der Waals surface area contributed by atoms with Crippen LogP contribution in [-0.4, -0.2) is 15.5 Å². The Kier molecular flexibility index (Phi) is 5.13. The molecule has 2 aromatic carbocycles. The molecule has 0 saturated heterocycles. The molecule has 0 bridgehead atoms. The quantitative estimate of drug-likeness (QED) is 0.769. The highest BCUT2D eigenvalue weighted by molar-refractivity contribution is 7.92. The number of ether oxygens (including phenoxy) is 1. The first-order valence-electron chi connectivity index (χ1n) is 6.80. The molecule has 11 heteroatoms. The van der Waals surface area contributed by atoms with E-state index in [1.165, 1.54) is 31.4 Å². The predicted molar refractivity (Wildman–Crippen MR) is 80.2 cm³/mol. The van der Waals surface area contributed by atoms with Crippen molar-refractivity contribution < 1.29 is 39.5 Å². The number of rotatable bonds is 4. The Hall–Kier alpha value is -2.43. The summed E-state index contributed by atoms with van der Waals surface area (Å²) in [5.74, 6) is 0.0408. The summed E-state index contributed by atoms with van der Waals surface area (Å²) in [6.45, 7) is 0. The molecular weight excluding hydrogens is 388 g/mol. The Bertz CT molecular complexity index is 874. The van der Waals surface area contributed by atoms with Crippen LogP contribution in [0.5, 0.6) is 5.75 Å². The fourth-order valence-electron chi connectivity index (χ4n) is 2.01. The molecule has 0 heterocycles. The van der Waals surface area contributed by atoms with Crippen molar-refractivity contribution in [3.05, 3.63) is 53.6 Å². The zero-order valence-corrected chi connectivity index (χ0v) is 13.8. The van der Waals surface area contributed by atoms with Crippen LogP contribution in [0.3, 0.4) is 0 Å². The first-order chi connectivity index (χ1) is 11.8.